The van der Waals surface area contributed by atoms with Crippen LogP contribution >= 0.6 is 11.8 Å². The number of aromatic nitrogens is 4. The standard InChI is InChI=1S/C25H29N5O2S/c1-3-18(2)19-8-10-20(11-9-19)29-23(31)21-6-4-5-7-22(21)30-24(29)26-27-25(30)33-17-14-28-12-15-32-16-13-28/h4-11,18H,3,12-17H2,1-2H3. The molecule has 0 amide bonds. The van der Waals surface area contributed by atoms with Crippen LogP contribution in [0.3, 0.4) is 0 Å². The van der Waals surface area contributed by atoms with E-state index in [1.807, 2.05) is 40.8 Å². The van der Waals surface area contributed by atoms with Crippen LogP contribution in [-0.2, 0) is 4.74 Å². The van der Waals surface area contributed by atoms with Crippen molar-refractivity contribution in [1.82, 2.24) is 24.1 Å². The summed E-state index contributed by atoms with van der Waals surface area (Å²) in [6.45, 7) is 8.90. The van der Waals surface area contributed by atoms with Crippen LogP contribution in [0.25, 0.3) is 22.4 Å². The second-order valence-corrected chi connectivity index (χ2v) is 9.54. The van der Waals surface area contributed by atoms with Gasteiger partial charge in [-0.05, 0) is 42.2 Å². The number of nitrogens with zero attached hydrogens (tertiary/aromatic N) is 5. The van der Waals surface area contributed by atoms with Crippen LogP contribution in [0.5, 0.6) is 0 Å². The zero-order chi connectivity index (χ0) is 22.8. The summed E-state index contributed by atoms with van der Waals surface area (Å²) in [5, 5.41) is 10.4. The van der Waals surface area contributed by atoms with Gasteiger partial charge in [-0.3, -0.25) is 14.1 Å². The summed E-state index contributed by atoms with van der Waals surface area (Å²) < 4.78 is 9.14. The predicted molar refractivity (Wildman–Crippen MR) is 133 cm³/mol. The first-order valence-corrected chi connectivity index (χ1v) is 12.6. The van der Waals surface area contributed by atoms with Crippen LogP contribution in [0, 0.1) is 0 Å². The third kappa shape index (κ3) is 4.30. The highest BCUT2D eigenvalue weighted by atomic mass is 32.2. The Hall–Kier alpha value is -2.68. The van der Waals surface area contributed by atoms with E-state index >= 15 is 0 Å². The second-order valence-electron chi connectivity index (χ2n) is 8.48. The van der Waals surface area contributed by atoms with Crippen molar-refractivity contribution in [2.24, 2.45) is 0 Å². The van der Waals surface area contributed by atoms with E-state index in [0.717, 1.165) is 61.4 Å². The van der Waals surface area contributed by atoms with E-state index in [1.54, 1.807) is 16.3 Å². The first-order chi connectivity index (χ1) is 16.2. The van der Waals surface area contributed by atoms with Crippen molar-refractivity contribution in [3.05, 3.63) is 64.4 Å². The smallest absolute Gasteiger partial charge is 0.267 e. The van der Waals surface area contributed by atoms with E-state index in [4.69, 9.17) is 4.74 Å². The third-order valence-corrected chi connectivity index (χ3v) is 7.38. The van der Waals surface area contributed by atoms with Crippen molar-refractivity contribution in [3.8, 4) is 5.69 Å². The molecule has 33 heavy (non-hydrogen) atoms. The van der Waals surface area contributed by atoms with Crippen LogP contribution in [-0.4, -0.2) is 62.7 Å². The topological polar surface area (TPSA) is 64.7 Å². The zero-order valence-electron chi connectivity index (χ0n) is 19.1. The molecule has 5 rings (SSSR count). The fraction of sp³-hybridized carbons (Fsp3) is 0.400. The molecule has 0 saturated carbocycles. The SMILES string of the molecule is CCC(C)c1ccc(-n2c(=O)c3ccccc3n3c(SCCN4CCOCC4)nnc23)cc1. The number of thioether (sulfide) groups is 1. The second kappa shape index (κ2) is 9.67. The van der Waals surface area contributed by atoms with Crippen LogP contribution in [0.4, 0.5) is 0 Å². The molecule has 172 valence electrons. The quantitative estimate of drug-likeness (QED) is 0.387. The molecule has 2 aromatic carbocycles. The molecule has 0 radical (unpaired) electrons. The number of morpholine rings is 1. The molecule has 1 aliphatic heterocycles. The summed E-state index contributed by atoms with van der Waals surface area (Å²) in [4.78, 5) is 15.9. The zero-order valence-corrected chi connectivity index (χ0v) is 19.9. The Morgan fingerprint density at radius 3 is 2.58 bits per heavy atom. The van der Waals surface area contributed by atoms with Gasteiger partial charge in [0.2, 0.25) is 5.78 Å². The van der Waals surface area contributed by atoms with Gasteiger partial charge in [0, 0.05) is 25.4 Å². The van der Waals surface area contributed by atoms with Crippen molar-refractivity contribution >= 4 is 28.4 Å². The largest absolute Gasteiger partial charge is 0.379 e. The average Bonchev–Trinajstić information content (AvgIpc) is 3.28. The van der Waals surface area contributed by atoms with Gasteiger partial charge in [-0.1, -0.05) is 49.9 Å². The van der Waals surface area contributed by atoms with Gasteiger partial charge in [-0.25, -0.2) is 4.57 Å². The number of para-hydroxylation sites is 1. The van der Waals surface area contributed by atoms with E-state index in [0.29, 0.717) is 17.1 Å². The normalized spacial score (nSPS) is 15.9. The molecular formula is C25H29N5O2S. The minimum Gasteiger partial charge on any atom is -0.379 e. The Labute approximate surface area is 197 Å². The number of hydrogen-bond acceptors (Lipinski definition) is 6. The highest BCUT2D eigenvalue weighted by Gasteiger charge is 2.18. The number of fused-ring (bicyclic) bond motifs is 3. The Morgan fingerprint density at radius 2 is 1.82 bits per heavy atom. The minimum absolute atomic E-state index is 0.0772. The van der Waals surface area contributed by atoms with Crippen molar-refractivity contribution < 1.29 is 4.74 Å². The molecule has 0 spiro atoms. The predicted octanol–water partition coefficient (Wildman–Crippen LogP) is 3.97. The van der Waals surface area contributed by atoms with Gasteiger partial charge >= 0.3 is 0 Å². The van der Waals surface area contributed by atoms with Gasteiger partial charge in [0.25, 0.3) is 5.56 Å². The lowest BCUT2D eigenvalue weighted by atomic mass is 9.98. The lowest BCUT2D eigenvalue weighted by molar-refractivity contribution is 0.0410. The molecule has 1 unspecified atom stereocenters. The molecule has 1 atom stereocenters. The maximum Gasteiger partial charge on any atom is 0.267 e. The molecule has 0 aliphatic carbocycles. The van der Waals surface area contributed by atoms with Crippen molar-refractivity contribution in [1.29, 1.82) is 0 Å². The molecule has 0 bridgehead atoms. The fourth-order valence-electron chi connectivity index (χ4n) is 4.28. The molecule has 3 heterocycles. The summed E-state index contributed by atoms with van der Waals surface area (Å²) >= 11 is 1.68. The molecule has 7 nitrogen and oxygen atoms in total. The molecule has 4 aromatic rings. The first-order valence-electron chi connectivity index (χ1n) is 11.6. The molecule has 1 fully saturated rings. The first kappa shape index (κ1) is 22.1. The summed E-state index contributed by atoms with van der Waals surface area (Å²) in [6.07, 6.45) is 1.08. The summed E-state index contributed by atoms with van der Waals surface area (Å²) in [7, 11) is 0. The highest BCUT2D eigenvalue weighted by Crippen LogP contribution is 2.25. The van der Waals surface area contributed by atoms with Gasteiger partial charge in [-0.2, -0.15) is 0 Å². The Kier molecular flexibility index (Phi) is 6.48. The van der Waals surface area contributed by atoms with E-state index in [2.05, 4.69) is 41.1 Å². The minimum atomic E-state index is -0.0772. The fourth-order valence-corrected chi connectivity index (χ4v) is 5.22. The van der Waals surface area contributed by atoms with E-state index in [9.17, 15) is 4.79 Å². The van der Waals surface area contributed by atoms with Gasteiger partial charge in [0.05, 0.1) is 29.8 Å². The van der Waals surface area contributed by atoms with Gasteiger partial charge in [0.1, 0.15) is 0 Å². The van der Waals surface area contributed by atoms with Crippen molar-refractivity contribution in [2.45, 2.75) is 31.3 Å². The Bertz CT molecular complexity index is 1310. The molecule has 0 N–H and O–H groups in total. The lowest BCUT2D eigenvalue weighted by Gasteiger charge is -2.26. The van der Waals surface area contributed by atoms with Crippen molar-refractivity contribution in [2.75, 3.05) is 38.6 Å². The molecule has 2 aromatic heterocycles. The highest BCUT2D eigenvalue weighted by molar-refractivity contribution is 7.99. The van der Waals surface area contributed by atoms with Gasteiger partial charge in [-0.15, -0.1) is 10.2 Å². The summed E-state index contributed by atoms with van der Waals surface area (Å²) in [5.74, 6) is 1.93. The Morgan fingerprint density at radius 1 is 1.06 bits per heavy atom. The molecule has 8 heteroatoms. The maximum absolute atomic E-state index is 13.5. The van der Waals surface area contributed by atoms with E-state index in [1.165, 1.54) is 5.56 Å². The summed E-state index contributed by atoms with van der Waals surface area (Å²) in [6, 6.07) is 15.9. The van der Waals surface area contributed by atoms with Gasteiger partial charge < -0.3 is 4.74 Å². The van der Waals surface area contributed by atoms with E-state index in [-0.39, 0.29) is 5.56 Å². The molecule has 1 saturated heterocycles. The monoisotopic (exact) mass is 463 g/mol. The Balaban J connectivity index is 1.55. The van der Waals surface area contributed by atoms with E-state index < -0.39 is 0 Å². The van der Waals surface area contributed by atoms with Crippen LogP contribution in [0.1, 0.15) is 31.7 Å². The number of rotatable bonds is 7. The van der Waals surface area contributed by atoms with Crippen LogP contribution < -0.4 is 5.56 Å². The molecule has 1 aliphatic rings. The van der Waals surface area contributed by atoms with Gasteiger partial charge in [0.15, 0.2) is 5.16 Å². The number of benzene rings is 2. The lowest BCUT2D eigenvalue weighted by Crippen LogP contribution is -2.37. The van der Waals surface area contributed by atoms with Crippen molar-refractivity contribution in [3.63, 3.8) is 0 Å². The number of ether oxygens (including phenoxy) is 1. The third-order valence-electron chi connectivity index (χ3n) is 6.47. The van der Waals surface area contributed by atoms with Crippen LogP contribution in [0.15, 0.2) is 58.5 Å². The average molecular weight is 464 g/mol. The summed E-state index contributed by atoms with van der Waals surface area (Å²) in [5.41, 5.74) is 2.84. The number of hydrogen-bond donors (Lipinski definition) is 0. The molecular weight excluding hydrogens is 434 g/mol. The maximum atomic E-state index is 13.5. The van der Waals surface area contributed by atoms with Crippen LogP contribution in [0.2, 0.25) is 0 Å².